The van der Waals surface area contributed by atoms with E-state index in [1.54, 1.807) is 0 Å². The van der Waals surface area contributed by atoms with E-state index in [4.69, 9.17) is 0 Å². The maximum absolute atomic E-state index is 11.7. The zero-order valence-corrected chi connectivity index (χ0v) is 10.2. The predicted molar refractivity (Wildman–Crippen MR) is 57.2 cm³/mol. The summed E-state index contributed by atoms with van der Waals surface area (Å²) in [6.07, 6.45) is 2.37. The second-order valence-electron chi connectivity index (χ2n) is 3.60. The molecule has 0 saturated heterocycles. The van der Waals surface area contributed by atoms with Crippen LogP contribution in [0.5, 0.6) is 0 Å². The Balaban J connectivity index is 2.68. The van der Waals surface area contributed by atoms with Gasteiger partial charge in [0.2, 0.25) is 5.91 Å². The van der Waals surface area contributed by atoms with Crippen molar-refractivity contribution >= 4 is 15.7 Å². The van der Waals surface area contributed by atoms with Crippen LogP contribution in [-0.2, 0) is 21.2 Å². The van der Waals surface area contributed by atoms with Crippen LogP contribution in [0, 0.1) is 0 Å². The van der Waals surface area contributed by atoms with Crippen LogP contribution < -0.4 is 0 Å². The van der Waals surface area contributed by atoms with Gasteiger partial charge in [-0.15, -0.1) is 0 Å². The van der Waals surface area contributed by atoms with E-state index in [1.165, 1.54) is 25.2 Å². The lowest BCUT2D eigenvalue weighted by molar-refractivity contribution is -0.129. The van der Waals surface area contributed by atoms with Crippen LogP contribution in [0.15, 0.2) is 6.33 Å². The van der Waals surface area contributed by atoms with E-state index in [2.05, 4.69) is 15.2 Å². The summed E-state index contributed by atoms with van der Waals surface area (Å²) in [5, 5.41) is 5.19. The fourth-order valence-electron chi connectivity index (χ4n) is 1.10. The Morgan fingerprint density at radius 3 is 2.69 bits per heavy atom. The number of nitrogens with one attached hydrogen (secondary N) is 1. The zero-order valence-electron chi connectivity index (χ0n) is 9.34. The lowest BCUT2D eigenvalue weighted by Gasteiger charge is -2.19. The van der Waals surface area contributed by atoms with E-state index in [0.29, 0.717) is 5.82 Å². The summed E-state index contributed by atoms with van der Waals surface area (Å²) in [6, 6.07) is 0. The van der Waals surface area contributed by atoms with Crippen LogP contribution in [0.25, 0.3) is 0 Å². The number of hydrogen-bond acceptors (Lipinski definition) is 5. The number of carbonyl (C=O) groups excluding carboxylic acids is 1. The molecule has 1 unspecified atom stereocenters. The van der Waals surface area contributed by atoms with Crippen LogP contribution >= 0.6 is 0 Å². The molecule has 1 amide bonds. The molecular formula is C8H14N4O3S. The monoisotopic (exact) mass is 246 g/mol. The lowest BCUT2D eigenvalue weighted by Crippen LogP contribution is -2.38. The van der Waals surface area contributed by atoms with Crippen LogP contribution in [0.3, 0.4) is 0 Å². The van der Waals surface area contributed by atoms with Gasteiger partial charge in [0.1, 0.15) is 17.4 Å². The SMILES string of the molecule is CC(C(=O)N(C)Cc1ncn[nH]1)S(C)(=O)=O. The van der Waals surface area contributed by atoms with Crippen LogP contribution in [0.1, 0.15) is 12.7 Å². The van der Waals surface area contributed by atoms with Gasteiger partial charge in [-0.05, 0) is 6.92 Å². The molecule has 1 aromatic rings. The number of hydrogen-bond donors (Lipinski definition) is 1. The highest BCUT2D eigenvalue weighted by Crippen LogP contribution is 2.04. The number of nitrogens with zero attached hydrogens (tertiary/aromatic N) is 3. The number of aromatic amines is 1. The van der Waals surface area contributed by atoms with Gasteiger partial charge in [0.25, 0.3) is 0 Å². The first-order valence-electron chi connectivity index (χ1n) is 4.60. The molecule has 1 N–H and O–H groups in total. The molecule has 0 aliphatic rings. The van der Waals surface area contributed by atoms with Crippen molar-refractivity contribution in [3.05, 3.63) is 12.2 Å². The van der Waals surface area contributed by atoms with E-state index < -0.39 is 21.0 Å². The summed E-state index contributed by atoms with van der Waals surface area (Å²) in [6.45, 7) is 1.58. The first kappa shape index (κ1) is 12.6. The molecule has 0 aliphatic carbocycles. The molecule has 1 heterocycles. The molecule has 8 heteroatoms. The highest BCUT2D eigenvalue weighted by Gasteiger charge is 2.26. The number of carbonyl (C=O) groups is 1. The van der Waals surface area contributed by atoms with Gasteiger partial charge in [0.05, 0.1) is 6.54 Å². The maximum atomic E-state index is 11.7. The van der Waals surface area contributed by atoms with Gasteiger partial charge in [-0.1, -0.05) is 0 Å². The van der Waals surface area contributed by atoms with Crippen molar-refractivity contribution in [2.45, 2.75) is 18.7 Å². The predicted octanol–water partition coefficient (Wildman–Crippen LogP) is -0.804. The van der Waals surface area contributed by atoms with Crippen molar-refractivity contribution in [2.24, 2.45) is 0 Å². The highest BCUT2D eigenvalue weighted by molar-refractivity contribution is 7.92. The molecule has 1 rings (SSSR count). The van der Waals surface area contributed by atoms with E-state index in [0.717, 1.165) is 6.26 Å². The average Bonchev–Trinajstić information content (AvgIpc) is 2.66. The zero-order chi connectivity index (χ0) is 12.3. The third-order valence-electron chi connectivity index (χ3n) is 2.22. The molecule has 0 aliphatic heterocycles. The molecule has 0 aromatic carbocycles. The summed E-state index contributed by atoms with van der Waals surface area (Å²) in [5.41, 5.74) is 0. The Kier molecular flexibility index (Phi) is 3.63. The summed E-state index contributed by atoms with van der Waals surface area (Å²) < 4.78 is 22.4. The normalized spacial score (nSPS) is 13.4. The van der Waals surface area contributed by atoms with Crippen LogP contribution in [-0.4, -0.2) is 53.0 Å². The minimum atomic E-state index is -3.36. The maximum Gasteiger partial charge on any atom is 0.240 e. The topological polar surface area (TPSA) is 96.0 Å². The van der Waals surface area contributed by atoms with E-state index in [-0.39, 0.29) is 6.54 Å². The van der Waals surface area contributed by atoms with Gasteiger partial charge < -0.3 is 4.90 Å². The number of sulfone groups is 1. The van der Waals surface area contributed by atoms with Gasteiger partial charge in [0.15, 0.2) is 9.84 Å². The first-order chi connectivity index (χ1) is 7.32. The van der Waals surface area contributed by atoms with Gasteiger partial charge in [-0.25, -0.2) is 13.4 Å². The van der Waals surface area contributed by atoms with Crippen molar-refractivity contribution in [3.8, 4) is 0 Å². The Morgan fingerprint density at radius 2 is 2.25 bits per heavy atom. The quantitative estimate of drug-likeness (QED) is 0.750. The van der Waals surface area contributed by atoms with Crippen LogP contribution in [0.2, 0.25) is 0 Å². The van der Waals surface area contributed by atoms with Crippen molar-refractivity contribution < 1.29 is 13.2 Å². The molecule has 0 bridgehead atoms. The largest absolute Gasteiger partial charge is 0.337 e. The second kappa shape index (κ2) is 4.60. The standard InChI is InChI=1S/C8H14N4O3S/c1-6(16(3,14)15)8(13)12(2)4-7-9-5-10-11-7/h5-6H,4H2,1-3H3,(H,9,10,11). The molecule has 0 radical (unpaired) electrons. The molecular weight excluding hydrogens is 232 g/mol. The van der Waals surface area contributed by atoms with Gasteiger partial charge in [0, 0.05) is 13.3 Å². The Bertz CT molecular complexity index is 454. The number of H-pyrrole nitrogens is 1. The van der Waals surface area contributed by atoms with Crippen LogP contribution in [0.4, 0.5) is 0 Å². The lowest BCUT2D eigenvalue weighted by atomic mass is 10.4. The summed E-state index contributed by atoms with van der Waals surface area (Å²) in [4.78, 5) is 16.8. The molecule has 7 nitrogen and oxygen atoms in total. The van der Waals surface area contributed by atoms with Gasteiger partial charge in [-0.3, -0.25) is 9.89 Å². The smallest absolute Gasteiger partial charge is 0.240 e. The number of rotatable bonds is 4. The van der Waals surface area contributed by atoms with E-state index in [9.17, 15) is 13.2 Å². The van der Waals surface area contributed by atoms with Crippen molar-refractivity contribution in [1.29, 1.82) is 0 Å². The van der Waals surface area contributed by atoms with E-state index in [1.807, 2.05) is 0 Å². The minimum Gasteiger partial charge on any atom is -0.337 e. The van der Waals surface area contributed by atoms with E-state index >= 15 is 0 Å². The first-order valence-corrected chi connectivity index (χ1v) is 6.56. The fourth-order valence-corrected chi connectivity index (χ4v) is 1.65. The third kappa shape index (κ3) is 3.02. The molecule has 90 valence electrons. The molecule has 1 aromatic heterocycles. The Labute approximate surface area is 93.8 Å². The van der Waals surface area contributed by atoms with Crippen molar-refractivity contribution in [2.75, 3.05) is 13.3 Å². The Morgan fingerprint density at radius 1 is 1.62 bits per heavy atom. The number of amides is 1. The third-order valence-corrected chi connectivity index (χ3v) is 3.70. The molecule has 0 fully saturated rings. The summed E-state index contributed by atoms with van der Waals surface area (Å²) in [5.74, 6) is 0.0513. The second-order valence-corrected chi connectivity index (χ2v) is 5.96. The minimum absolute atomic E-state index is 0.207. The molecule has 16 heavy (non-hydrogen) atoms. The average molecular weight is 246 g/mol. The summed E-state index contributed by atoms with van der Waals surface area (Å²) in [7, 11) is -1.84. The van der Waals surface area contributed by atoms with Gasteiger partial charge >= 0.3 is 0 Å². The Hall–Kier alpha value is -1.44. The van der Waals surface area contributed by atoms with Gasteiger partial charge in [-0.2, -0.15) is 5.10 Å². The number of aromatic nitrogens is 3. The molecule has 0 spiro atoms. The fraction of sp³-hybridized carbons (Fsp3) is 0.625. The molecule has 0 saturated carbocycles. The summed E-state index contributed by atoms with van der Waals surface area (Å²) >= 11 is 0. The molecule has 1 atom stereocenters. The van der Waals surface area contributed by atoms with Crippen molar-refractivity contribution in [3.63, 3.8) is 0 Å². The van der Waals surface area contributed by atoms with Crippen molar-refractivity contribution in [1.82, 2.24) is 20.1 Å². The highest BCUT2D eigenvalue weighted by atomic mass is 32.2.